The number of nitrogens with zero attached hydrogens (tertiary/aromatic N) is 5. The molecule has 4 aromatic heterocycles. The zero-order valence-electron chi connectivity index (χ0n) is 14.5. The first kappa shape index (κ1) is 17.7. The standard InChI is InChI=1S/C18H13F3N6O/c1-10-17(27-9-11(19)2-4-15(27)24-10)13-7-22-8-14(26-13)25-12-3-5-16(23-6-12)28-18(20)21/h2-9,18H,1H3,(H,25,26). The van der Waals surface area contributed by atoms with Crippen LogP contribution < -0.4 is 10.1 Å². The van der Waals surface area contributed by atoms with Crippen LogP contribution in [0.3, 0.4) is 0 Å². The number of aryl methyl sites for hydroxylation is 1. The summed E-state index contributed by atoms with van der Waals surface area (Å²) in [4.78, 5) is 16.8. The number of ether oxygens (including phenoxy) is 1. The Morgan fingerprint density at radius 2 is 1.93 bits per heavy atom. The molecule has 0 amide bonds. The predicted molar refractivity (Wildman–Crippen MR) is 95.1 cm³/mol. The molecule has 4 aromatic rings. The highest BCUT2D eigenvalue weighted by molar-refractivity contribution is 5.65. The lowest BCUT2D eigenvalue weighted by atomic mass is 10.2. The number of halogens is 3. The maximum absolute atomic E-state index is 13.7. The number of anilines is 2. The maximum Gasteiger partial charge on any atom is 0.388 e. The molecule has 4 rings (SSSR count). The van der Waals surface area contributed by atoms with E-state index in [0.29, 0.717) is 34.2 Å². The van der Waals surface area contributed by atoms with Crippen LogP contribution in [0.4, 0.5) is 24.7 Å². The first-order chi connectivity index (χ1) is 13.5. The predicted octanol–water partition coefficient (Wildman–Crippen LogP) is 3.98. The van der Waals surface area contributed by atoms with E-state index in [9.17, 15) is 13.2 Å². The average Bonchev–Trinajstić information content (AvgIpc) is 2.98. The molecule has 142 valence electrons. The van der Waals surface area contributed by atoms with Crippen molar-refractivity contribution in [1.82, 2.24) is 24.3 Å². The van der Waals surface area contributed by atoms with Crippen molar-refractivity contribution in [2.45, 2.75) is 13.5 Å². The topological polar surface area (TPSA) is 77.2 Å². The van der Waals surface area contributed by atoms with Crippen molar-refractivity contribution >= 4 is 17.2 Å². The summed E-state index contributed by atoms with van der Waals surface area (Å²) in [6.45, 7) is -1.14. The van der Waals surface area contributed by atoms with Gasteiger partial charge in [0.05, 0.1) is 35.7 Å². The van der Waals surface area contributed by atoms with Gasteiger partial charge in [0.2, 0.25) is 5.88 Å². The third-order valence-electron chi connectivity index (χ3n) is 3.85. The van der Waals surface area contributed by atoms with Crippen molar-refractivity contribution < 1.29 is 17.9 Å². The second-order valence-corrected chi connectivity index (χ2v) is 5.80. The van der Waals surface area contributed by atoms with E-state index in [1.54, 1.807) is 23.6 Å². The van der Waals surface area contributed by atoms with Crippen molar-refractivity contribution in [3.8, 4) is 17.3 Å². The molecule has 28 heavy (non-hydrogen) atoms. The molecular formula is C18H13F3N6O. The number of aromatic nitrogens is 5. The van der Waals surface area contributed by atoms with Gasteiger partial charge in [-0.25, -0.2) is 19.3 Å². The lowest BCUT2D eigenvalue weighted by molar-refractivity contribution is -0.0528. The third kappa shape index (κ3) is 3.56. The van der Waals surface area contributed by atoms with E-state index in [2.05, 4.69) is 30.0 Å². The summed E-state index contributed by atoms with van der Waals surface area (Å²) < 4.78 is 43.9. The van der Waals surface area contributed by atoms with E-state index in [0.717, 1.165) is 0 Å². The van der Waals surface area contributed by atoms with Crippen LogP contribution in [0.15, 0.2) is 49.1 Å². The molecule has 1 N–H and O–H groups in total. The largest absolute Gasteiger partial charge is 0.417 e. The Morgan fingerprint density at radius 3 is 2.68 bits per heavy atom. The molecule has 0 saturated carbocycles. The highest BCUT2D eigenvalue weighted by Crippen LogP contribution is 2.25. The van der Waals surface area contributed by atoms with E-state index >= 15 is 0 Å². The minimum Gasteiger partial charge on any atom is -0.417 e. The summed E-state index contributed by atoms with van der Waals surface area (Å²) in [7, 11) is 0. The number of imidazole rings is 1. The zero-order chi connectivity index (χ0) is 19.7. The summed E-state index contributed by atoms with van der Waals surface area (Å²) in [6, 6.07) is 5.75. The van der Waals surface area contributed by atoms with Crippen LogP contribution in [-0.4, -0.2) is 30.9 Å². The monoisotopic (exact) mass is 386 g/mol. The van der Waals surface area contributed by atoms with Crippen LogP contribution >= 0.6 is 0 Å². The van der Waals surface area contributed by atoms with Gasteiger partial charge in [-0.1, -0.05) is 0 Å². The van der Waals surface area contributed by atoms with Gasteiger partial charge in [0, 0.05) is 12.3 Å². The van der Waals surface area contributed by atoms with Crippen LogP contribution in [0, 0.1) is 12.7 Å². The van der Waals surface area contributed by atoms with Gasteiger partial charge in [0.25, 0.3) is 0 Å². The second-order valence-electron chi connectivity index (χ2n) is 5.80. The quantitative estimate of drug-likeness (QED) is 0.559. The molecule has 4 heterocycles. The first-order valence-corrected chi connectivity index (χ1v) is 8.14. The molecule has 10 heteroatoms. The van der Waals surface area contributed by atoms with Crippen molar-refractivity contribution in [2.75, 3.05) is 5.32 Å². The molecule has 0 unspecified atom stereocenters. The zero-order valence-corrected chi connectivity index (χ0v) is 14.5. The lowest BCUT2D eigenvalue weighted by Crippen LogP contribution is -2.04. The fourth-order valence-electron chi connectivity index (χ4n) is 2.75. The van der Waals surface area contributed by atoms with Crippen LogP contribution in [0.2, 0.25) is 0 Å². The molecule has 0 aromatic carbocycles. The Kier molecular flexibility index (Phi) is 4.52. The number of hydrogen-bond donors (Lipinski definition) is 1. The van der Waals surface area contributed by atoms with Crippen LogP contribution in [-0.2, 0) is 0 Å². The van der Waals surface area contributed by atoms with E-state index < -0.39 is 12.4 Å². The molecule has 0 radical (unpaired) electrons. The highest BCUT2D eigenvalue weighted by Gasteiger charge is 2.14. The lowest BCUT2D eigenvalue weighted by Gasteiger charge is -2.08. The van der Waals surface area contributed by atoms with Gasteiger partial charge in [-0.05, 0) is 25.1 Å². The molecular weight excluding hydrogens is 373 g/mol. The minimum atomic E-state index is -2.94. The van der Waals surface area contributed by atoms with E-state index in [-0.39, 0.29) is 5.88 Å². The first-order valence-electron chi connectivity index (χ1n) is 8.14. The molecule has 0 aliphatic rings. The molecule has 0 aliphatic heterocycles. The number of nitrogens with one attached hydrogen (secondary N) is 1. The van der Waals surface area contributed by atoms with Gasteiger partial charge < -0.3 is 10.1 Å². The smallest absolute Gasteiger partial charge is 0.388 e. The van der Waals surface area contributed by atoms with Crippen LogP contribution in [0.1, 0.15) is 5.69 Å². The van der Waals surface area contributed by atoms with Crippen LogP contribution in [0.5, 0.6) is 5.88 Å². The number of hydrogen-bond acceptors (Lipinski definition) is 6. The summed E-state index contributed by atoms with van der Waals surface area (Å²) >= 11 is 0. The van der Waals surface area contributed by atoms with Crippen molar-refractivity contribution in [3.05, 3.63) is 60.6 Å². The Labute approximate surface area is 156 Å². The number of rotatable bonds is 5. The molecule has 7 nitrogen and oxygen atoms in total. The SMILES string of the molecule is Cc1nc2ccc(F)cn2c1-c1cncc(Nc2ccc(OC(F)F)nc2)n1. The van der Waals surface area contributed by atoms with E-state index in [1.165, 1.54) is 36.8 Å². The Hall–Kier alpha value is -3.69. The van der Waals surface area contributed by atoms with Gasteiger partial charge in [-0.3, -0.25) is 9.38 Å². The maximum atomic E-state index is 13.7. The second kappa shape index (κ2) is 7.14. The molecule has 0 aliphatic carbocycles. The van der Waals surface area contributed by atoms with Crippen LogP contribution in [0.25, 0.3) is 17.0 Å². The number of alkyl halides is 2. The van der Waals surface area contributed by atoms with Crippen molar-refractivity contribution in [3.63, 3.8) is 0 Å². The fourth-order valence-corrected chi connectivity index (χ4v) is 2.75. The van der Waals surface area contributed by atoms with Gasteiger partial charge in [0.15, 0.2) is 0 Å². The average molecular weight is 386 g/mol. The Bertz CT molecular complexity index is 1130. The fraction of sp³-hybridized carbons (Fsp3) is 0.111. The Morgan fingerprint density at radius 1 is 1.07 bits per heavy atom. The van der Waals surface area contributed by atoms with Crippen molar-refractivity contribution in [1.29, 1.82) is 0 Å². The molecule has 0 atom stereocenters. The van der Waals surface area contributed by atoms with E-state index in [4.69, 9.17) is 0 Å². The molecule has 0 bridgehead atoms. The normalized spacial score (nSPS) is 11.2. The summed E-state index contributed by atoms with van der Waals surface area (Å²) in [5.74, 6) is -0.193. The van der Waals surface area contributed by atoms with Gasteiger partial charge in [0.1, 0.15) is 23.0 Å². The summed E-state index contributed by atoms with van der Waals surface area (Å²) in [5, 5.41) is 2.98. The molecule has 0 fully saturated rings. The molecule has 0 saturated heterocycles. The summed E-state index contributed by atoms with van der Waals surface area (Å²) in [6.07, 6.45) is 5.70. The van der Waals surface area contributed by atoms with Crippen molar-refractivity contribution in [2.24, 2.45) is 0 Å². The van der Waals surface area contributed by atoms with E-state index in [1.807, 2.05) is 0 Å². The third-order valence-corrected chi connectivity index (χ3v) is 3.85. The van der Waals surface area contributed by atoms with Gasteiger partial charge >= 0.3 is 6.61 Å². The summed E-state index contributed by atoms with van der Waals surface area (Å²) in [5.41, 5.74) is 2.88. The highest BCUT2D eigenvalue weighted by atomic mass is 19.3. The number of fused-ring (bicyclic) bond motifs is 1. The number of pyridine rings is 2. The van der Waals surface area contributed by atoms with Gasteiger partial charge in [-0.2, -0.15) is 8.78 Å². The Balaban J connectivity index is 1.64. The molecule has 0 spiro atoms. The minimum absolute atomic E-state index is 0.191. The van der Waals surface area contributed by atoms with Gasteiger partial charge in [-0.15, -0.1) is 0 Å².